The highest BCUT2D eigenvalue weighted by Crippen LogP contribution is 2.31. The molecule has 132 valence electrons. The van der Waals surface area contributed by atoms with Crippen LogP contribution in [-0.4, -0.2) is 42.8 Å². The van der Waals surface area contributed by atoms with Crippen molar-refractivity contribution >= 4 is 11.9 Å². The summed E-state index contributed by atoms with van der Waals surface area (Å²) in [6, 6.07) is 6.66. The minimum atomic E-state index is -1.51. The molecule has 24 heavy (non-hydrogen) atoms. The summed E-state index contributed by atoms with van der Waals surface area (Å²) in [4.78, 5) is 19.0. The second kappa shape index (κ2) is 9.57. The van der Waals surface area contributed by atoms with Crippen LogP contribution in [0.3, 0.4) is 0 Å². The lowest BCUT2D eigenvalue weighted by molar-refractivity contribution is -0.687. The normalized spacial score (nSPS) is 15.4. The first kappa shape index (κ1) is 19.5. The summed E-state index contributed by atoms with van der Waals surface area (Å²) in [5, 5.41) is 19.5. The minimum absolute atomic E-state index is 0.310. The molecule has 3 N–H and O–H groups in total. The Balaban J connectivity index is 0.000000307. The van der Waals surface area contributed by atoms with Crippen molar-refractivity contribution < 1.29 is 34.6 Å². The van der Waals surface area contributed by atoms with Crippen LogP contribution in [-0.2, 0) is 16.0 Å². The zero-order valence-corrected chi connectivity index (χ0v) is 14.0. The van der Waals surface area contributed by atoms with E-state index in [1.54, 1.807) is 7.11 Å². The number of rotatable bonds is 6. The second-order valence-corrected chi connectivity index (χ2v) is 5.62. The van der Waals surface area contributed by atoms with E-state index in [0.29, 0.717) is 24.3 Å². The molecule has 0 saturated carbocycles. The molecular formula is C17H23NO6. The quantitative estimate of drug-likeness (QED) is 0.667. The Morgan fingerprint density at radius 1 is 1.46 bits per heavy atom. The number of quaternary nitrogens is 1. The smallest absolute Gasteiger partial charge is 0.328 e. The molecule has 2 rings (SSSR count). The molecule has 7 nitrogen and oxygen atoms in total. The molecule has 0 aromatic heterocycles. The van der Waals surface area contributed by atoms with Gasteiger partial charge in [-0.3, -0.25) is 0 Å². The predicted octanol–water partition coefficient (Wildman–Crippen LogP) is -0.652. The van der Waals surface area contributed by atoms with Gasteiger partial charge in [-0.15, -0.1) is 0 Å². The fourth-order valence-corrected chi connectivity index (χ4v) is 2.12. The topological polar surface area (TPSA) is 113 Å². The maximum atomic E-state index is 9.53. The molecular weight excluding hydrogens is 314 g/mol. The molecule has 0 fully saturated rings. The van der Waals surface area contributed by atoms with E-state index in [1.165, 1.54) is 5.56 Å². The number of carbonyl (C=O) groups excluding carboxylic acids is 1. The van der Waals surface area contributed by atoms with Crippen molar-refractivity contribution in [2.75, 3.05) is 13.7 Å². The lowest BCUT2D eigenvalue weighted by atomic mass is 10.1. The van der Waals surface area contributed by atoms with Crippen molar-refractivity contribution in [2.24, 2.45) is 0 Å². The third-order valence-electron chi connectivity index (χ3n) is 3.24. The first-order chi connectivity index (χ1) is 11.3. The summed E-state index contributed by atoms with van der Waals surface area (Å²) in [6.07, 6.45) is 2.25. The number of methoxy groups -OCH3 is 1. The van der Waals surface area contributed by atoms with E-state index < -0.39 is 11.9 Å². The SMILES string of the molecule is COc1ccc2c(c1)CC(C[NH2+]C(C)C)O2.O=C([O-])/C=C\C(=O)O. The summed E-state index contributed by atoms with van der Waals surface area (Å²) in [5.41, 5.74) is 1.27. The molecule has 0 bridgehead atoms. The summed E-state index contributed by atoms with van der Waals surface area (Å²) in [7, 11) is 1.70. The Kier molecular flexibility index (Phi) is 7.77. The van der Waals surface area contributed by atoms with Crippen molar-refractivity contribution in [1.29, 1.82) is 0 Å². The van der Waals surface area contributed by atoms with Gasteiger partial charge in [0.15, 0.2) is 6.10 Å². The molecule has 1 aliphatic heterocycles. The van der Waals surface area contributed by atoms with Gasteiger partial charge in [-0.05, 0) is 38.1 Å². The number of hydrogen-bond acceptors (Lipinski definition) is 5. The number of aliphatic carboxylic acids is 2. The van der Waals surface area contributed by atoms with Gasteiger partial charge >= 0.3 is 5.97 Å². The minimum Gasteiger partial charge on any atom is -0.545 e. The van der Waals surface area contributed by atoms with Gasteiger partial charge in [-0.1, -0.05) is 0 Å². The van der Waals surface area contributed by atoms with Gasteiger partial charge in [0, 0.05) is 18.1 Å². The molecule has 1 atom stereocenters. The van der Waals surface area contributed by atoms with Crippen LogP contribution in [0.1, 0.15) is 19.4 Å². The van der Waals surface area contributed by atoms with E-state index in [9.17, 15) is 14.7 Å². The Morgan fingerprint density at radius 2 is 2.17 bits per heavy atom. The molecule has 0 radical (unpaired) electrons. The number of carboxylic acids is 2. The van der Waals surface area contributed by atoms with Gasteiger partial charge in [0.05, 0.1) is 19.1 Å². The van der Waals surface area contributed by atoms with E-state index in [1.807, 2.05) is 12.1 Å². The molecule has 1 heterocycles. The van der Waals surface area contributed by atoms with Crippen LogP contribution >= 0.6 is 0 Å². The third-order valence-corrected chi connectivity index (χ3v) is 3.24. The van der Waals surface area contributed by atoms with Crippen LogP contribution in [0.15, 0.2) is 30.4 Å². The highest BCUT2D eigenvalue weighted by atomic mass is 16.5. The molecule has 0 spiro atoms. The van der Waals surface area contributed by atoms with Crippen LogP contribution in [0, 0.1) is 0 Å². The molecule has 0 saturated heterocycles. The van der Waals surface area contributed by atoms with E-state index in [0.717, 1.165) is 24.5 Å². The van der Waals surface area contributed by atoms with Gasteiger partial charge in [0.25, 0.3) is 0 Å². The monoisotopic (exact) mass is 337 g/mol. The highest BCUT2D eigenvalue weighted by molar-refractivity contribution is 5.88. The van der Waals surface area contributed by atoms with Crippen LogP contribution in [0.25, 0.3) is 0 Å². The van der Waals surface area contributed by atoms with E-state index in [2.05, 4.69) is 25.2 Å². The first-order valence-corrected chi connectivity index (χ1v) is 7.60. The van der Waals surface area contributed by atoms with Gasteiger partial charge in [0.1, 0.15) is 18.0 Å². The zero-order chi connectivity index (χ0) is 18.1. The van der Waals surface area contributed by atoms with E-state index in [4.69, 9.17) is 14.6 Å². The number of ether oxygens (including phenoxy) is 2. The number of nitrogens with two attached hydrogens (primary N) is 1. The van der Waals surface area contributed by atoms with Crippen LogP contribution in [0.2, 0.25) is 0 Å². The van der Waals surface area contributed by atoms with Crippen LogP contribution in [0.4, 0.5) is 0 Å². The summed E-state index contributed by atoms with van der Waals surface area (Å²) in [5.74, 6) is -0.875. The fraction of sp³-hybridized carbons (Fsp3) is 0.412. The first-order valence-electron chi connectivity index (χ1n) is 7.60. The average Bonchev–Trinajstić information content (AvgIpc) is 2.93. The van der Waals surface area contributed by atoms with Gasteiger partial charge in [0.2, 0.25) is 0 Å². The van der Waals surface area contributed by atoms with E-state index >= 15 is 0 Å². The van der Waals surface area contributed by atoms with Gasteiger partial charge in [-0.2, -0.15) is 0 Å². The number of hydrogen-bond donors (Lipinski definition) is 2. The molecule has 0 amide bonds. The fourth-order valence-electron chi connectivity index (χ4n) is 2.12. The Labute approximate surface area is 140 Å². The third kappa shape index (κ3) is 7.15. The summed E-state index contributed by atoms with van der Waals surface area (Å²) < 4.78 is 11.1. The van der Waals surface area contributed by atoms with Crippen LogP contribution in [0.5, 0.6) is 11.5 Å². The number of benzene rings is 1. The number of fused-ring (bicyclic) bond motifs is 1. The molecule has 1 aromatic rings. The van der Waals surface area contributed by atoms with Crippen molar-refractivity contribution in [3.8, 4) is 11.5 Å². The summed E-state index contributed by atoms with van der Waals surface area (Å²) >= 11 is 0. The Bertz CT molecular complexity index is 581. The molecule has 1 aromatic carbocycles. The largest absolute Gasteiger partial charge is 0.545 e. The Hall–Kier alpha value is -2.54. The average molecular weight is 337 g/mol. The Morgan fingerprint density at radius 3 is 2.67 bits per heavy atom. The number of carboxylic acid groups (broad SMARTS) is 2. The van der Waals surface area contributed by atoms with Crippen molar-refractivity contribution in [3.05, 3.63) is 35.9 Å². The lowest BCUT2D eigenvalue weighted by Crippen LogP contribution is -2.90. The number of carbonyl (C=O) groups is 2. The molecule has 1 unspecified atom stereocenters. The molecule has 0 aliphatic carbocycles. The summed E-state index contributed by atoms with van der Waals surface area (Å²) in [6.45, 7) is 5.42. The van der Waals surface area contributed by atoms with Gasteiger partial charge in [-0.25, -0.2) is 4.79 Å². The lowest BCUT2D eigenvalue weighted by Gasteiger charge is -2.11. The maximum absolute atomic E-state index is 9.53. The van der Waals surface area contributed by atoms with Gasteiger partial charge < -0.3 is 29.8 Å². The van der Waals surface area contributed by atoms with Crippen molar-refractivity contribution in [3.63, 3.8) is 0 Å². The zero-order valence-electron chi connectivity index (χ0n) is 14.0. The molecule has 7 heteroatoms. The standard InChI is InChI=1S/C13H19NO2.C4H4O4/c1-9(2)14-8-12-7-10-6-11(15-3)4-5-13(10)16-12;5-3(6)1-2-4(7)8/h4-6,9,12,14H,7-8H2,1-3H3;1-2H,(H,5,6)(H,7,8)/b;2-1-. The van der Waals surface area contributed by atoms with Crippen LogP contribution < -0.4 is 19.9 Å². The van der Waals surface area contributed by atoms with Crippen molar-refractivity contribution in [1.82, 2.24) is 0 Å². The second-order valence-electron chi connectivity index (χ2n) is 5.62. The predicted molar refractivity (Wildman–Crippen MR) is 84.8 cm³/mol. The molecule has 1 aliphatic rings. The maximum Gasteiger partial charge on any atom is 0.328 e. The van der Waals surface area contributed by atoms with E-state index in [-0.39, 0.29) is 0 Å². The van der Waals surface area contributed by atoms with Crippen molar-refractivity contribution in [2.45, 2.75) is 32.4 Å². The highest BCUT2D eigenvalue weighted by Gasteiger charge is 2.24.